The second kappa shape index (κ2) is 4.06. The molecule has 17 heavy (non-hydrogen) atoms. The van der Waals surface area contributed by atoms with E-state index in [9.17, 15) is 8.42 Å². The molecule has 0 aliphatic heterocycles. The predicted molar refractivity (Wildman–Crippen MR) is 62.0 cm³/mol. The van der Waals surface area contributed by atoms with Gasteiger partial charge in [0.25, 0.3) is 0 Å². The van der Waals surface area contributed by atoms with Crippen molar-refractivity contribution in [3.8, 4) is 0 Å². The van der Waals surface area contributed by atoms with Crippen LogP contribution in [0.2, 0.25) is 0 Å². The maximum Gasteiger partial charge on any atom is 0.226 e. The molecule has 96 valence electrons. The Bertz CT molecular complexity index is 511. The number of aryl methyl sites for hydroxylation is 1. The molecule has 2 rings (SSSR count). The minimum Gasteiger partial charge on any atom is -0.339 e. The van der Waals surface area contributed by atoms with Crippen molar-refractivity contribution in [1.29, 1.82) is 0 Å². The van der Waals surface area contributed by atoms with E-state index < -0.39 is 20.6 Å². The molecule has 0 spiro atoms. The monoisotopic (exact) mass is 259 g/mol. The fourth-order valence-corrected chi connectivity index (χ4v) is 4.02. The van der Waals surface area contributed by atoms with Gasteiger partial charge in [-0.05, 0) is 19.3 Å². The molecule has 1 aliphatic carbocycles. The number of hydrogen-bond donors (Lipinski definition) is 1. The van der Waals surface area contributed by atoms with Crippen molar-refractivity contribution >= 4 is 9.84 Å². The van der Waals surface area contributed by atoms with Crippen LogP contribution in [0.5, 0.6) is 0 Å². The van der Waals surface area contributed by atoms with Crippen molar-refractivity contribution in [3.63, 3.8) is 0 Å². The van der Waals surface area contributed by atoms with E-state index in [1.54, 1.807) is 0 Å². The van der Waals surface area contributed by atoms with Crippen molar-refractivity contribution in [1.82, 2.24) is 10.1 Å². The molecular weight excluding hydrogens is 242 g/mol. The van der Waals surface area contributed by atoms with Crippen molar-refractivity contribution in [3.05, 3.63) is 11.7 Å². The number of aromatic nitrogens is 2. The van der Waals surface area contributed by atoms with Crippen LogP contribution in [0.25, 0.3) is 0 Å². The van der Waals surface area contributed by atoms with Gasteiger partial charge in [-0.2, -0.15) is 4.98 Å². The molecule has 1 aromatic rings. The van der Waals surface area contributed by atoms with Crippen LogP contribution in [0.4, 0.5) is 0 Å². The average Bonchev–Trinajstić information content (AvgIpc) is 2.82. The van der Waals surface area contributed by atoms with E-state index in [4.69, 9.17) is 10.3 Å². The highest BCUT2D eigenvalue weighted by molar-refractivity contribution is 7.91. The van der Waals surface area contributed by atoms with E-state index in [-0.39, 0.29) is 0 Å². The van der Waals surface area contributed by atoms with Gasteiger partial charge in [0.1, 0.15) is 0 Å². The van der Waals surface area contributed by atoms with Crippen LogP contribution >= 0.6 is 0 Å². The maximum absolute atomic E-state index is 11.7. The lowest BCUT2D eigenvalue weighted by Crippen LogP contribution is -2.48. The summed E-state index contributed by atoms with van der Waals surface area (Å²) < 4.78 is 28.5. The van der Waals surface area contributed by atoms with E-state index in [1.807, 2.05) is 6.92 Å². The first-order chi connectivity index (χ1) is 7.88. The Balaban J connectivity index is 2.41. The average molecular weight is 259 g/mol. The lowest BCUT2D eigenvalue weighted by atomic mass is 9.98. The van der Waals surface area contributed by atoms with Gasteiger partial charge < -0.3 is 10.3 Å². The Hall–Kier alpha value is -0.950. The Morgan fingerprint density at radius 3 is 2.82 bits per heavy atom. The van der Waals surface area contributed by atoms with Gasteiger partial charge in [-0.3, -0.25) is 0 Å². The number of hydrogen-bond acceptors (Lipinski definition) is 6. The predicted octanol–water partition coefficient (Wildman–Crippen LogP) is 0.383. The summed E-state index contributed by atoms with van der Waals surface area (Å²) in [6.45, 7) is 1.89. The third-order valence-electron chi connectivity index (χ3n) is 3.33. The van der Waals surface area contributed by atoms with Gasteiger partial charge >= 0.3 is 0 Å². The summed E-state index contributed by atoms with van der Waals surface area (Å²) in [5, 5.41) is 3.22. The summed E-state index contributed by atoms with van der Waals surface area (Å²) >= 11 is 0. The second-order valence-electron chi connectivity index (χ2n) is 4.62. The Morgan fingerprint density at radius 2 is 2.29 bits per heavy atom. The van der Waals surface area contributed by atoms with Gasteiger partial charge in [0.15, 0.2) is 15.7 Å². The number of rotatable bonds is 3. The molecule has 0 amide bonds. The molecule has 2 atom stereocenters. The SMILES string of the molecule is CCc1nc(C2(N)CCCC2S(C)(=O)=O)no1. The van der Waals surface area contributed by atoms with E-state index in [1.165, 1.54) is 6.26 Å². The molecule has 0 saturated heterocycles. The van der Waals surface area contributed by atoms with E-state index in [0.29, 0.717) is 31.0 Å². The first-order valence-electron chi connectivity index (χ1n) is 5.68. The first kappa shape index (κ1) is 12.5. The van der Waals surface area contributed by atoms with Gasteiger partial charge in [0.2, 0.25) is 5.89 Å². The highest BCUT2D eigenvalue weighted by Crippen LogP contribution is 2.39. The summed E-state index contributed by atoms with van der Waals surface area (Å²) in [4.78, 5) is 4.18. The quantitative estimate of drug-likeness (QED) is 0.842. The first-order valence-corrected chi connectivity index (χ1v) is 7.64. The van der Waals surface area contributed by atoms with Crippen LogP contribution in [-0.4, -0.2) is 30.1 Å². The third-order valence-corrected chi connectivity index (χ3v) is 5.02. The summed E-state index contributed by atoms with van der Waals surface area (Å²) in [5.74, 6) is 0.811. The molecule has 7 heteroatoms. The lowest BCUT2D eigenvalue weighted by Gasteiger charge is -2.26. The van der Waals surface area contributed by atoms with Gasteiger partial charge in [0, 0.05) is 12.7 Å². The van der Waals surface area contributed by atoms with E-state index in [0.717, 1.165) is 6.42 Å². The Morgan fingerprint density at radius 1 is 1.59 bits per heavy atom. The zero-order valence-corrected chi connectivity index (χ0v) is 10.8. The smallest absolute Gasteiger partial charge is 0.226 e. The molecule has 2 unspecified atom stereocenters. The molecule has 2 N–H and O–H groups in total. The van der Waals surface area contributed by atoms with Crippen LogP contribution in [0.15, 0.2) is 4.52 Å². The van der Waals surface area contributed by atoms with E-state index in [2.05, 4.69) is 10.1 Å². The number of nitrogens with zero attached hydrogens (tertiary/aromatic N) is 2. The van der Waals surface area contributed by atoms with Crippen molar-refractivity contribution in [2.45, 2.75) is 43.4 Å². The van der Waals surface area contributed by atoms with Crippen LogP contribution in [-0.2, 0) is 21.8 Å². The maximum atomic E-state index is 11.7. The topological polar surface area (TPSA) is 99.1 Å². The minimum absolute atomic E-state index is 0.322. The van der Waals surface area contributed by atoms with Crippen molar-refractivity contribution in [2.75, 3.05) is 6.26 Å². The molecule has 0 bridgehead atoms. The molecule has 1 saturated carbocycles. The third kappa shape index (κ3) is 2.09. The molecule has 1 heterocycles. The molecule has 1 fully saturated rings. The summed E-state index contributed by atoms with van der Waals surface area (Å²) in [5.41, 5.74) is 5.22. The van der Waals surface area contributed by atoms with Gasteiger partial charge in [-0.15, -0.1) is 0 Å². The Labute approximate surface area is 100 Å². The van der Waals surface area contributed by atoms with Gasteiger partial charge in [-0.1, -0.05) is 12.1 Å². The molecule has 1 aliphatic rings. The molecular formula is C10H17N3O3S. The van der Waals surface area contributed by atoms with E-state index >= 15 is 0 Å². The number of sulfone groups is 1. The zero-order chi connectivity index (χ0) is 12.7. The van der Waals surface area contributed by atoms with Crippen LogP contribution in [0.3, 0.4) is 0 Å². The van der Waals surface area contributed by atoms with Crippen LogP contribution in [0, 0.1) is 0 Å². The summed E-state index contributed by atoms with van der Waals surface area (Å²) in [7, 11) is -3.20. The van der Waals surface area contributed by atoms with Crippen LogP contribution in [0.1, 0.15) is 37.9 Å². The molecule has 6 nitrogen and oxygen atoms in total. The normalized spacial score (nSPS) is 29.7. The second-order valence-corrected chi connectivity index (χ2v) is 6.84. The van der Waals surface area contributed by atoms with Crippen LogP contribution < -0.4 is 5.73 Å². The standard InChI is InChI=1S/C10H17N3O3S/c1-3-8-12-9(13-16-8)10(11)6-4-5-7(10)17(2,14)15/h7H,3-6,11H2,1-2H3. The van der Waals surface area contributed by atoms with Crippen molar-refractivity contribution in [2.24, 2.45) is 5.73 Å². The summed E-state index contributed by atoms with van der Waals surface area (Å²) in [6, 6.07) is 0. The fourth-order valence-electron chi connectivity index (χ4n) is 2.44. The highest BCUT2D eigenvalue weighted by Gasteiger charge is 2.49. The Kier molecular flexibility index (Phi) is 2.99. The van der Waals surface area contributed by atoms with Crippen molar-refractivity contribution < 1.29 is 12.9 Å². The molecule has 0 radical (unpaired) electrons. The van der Waals surface area contributed by atoms with Gasteiger partial charge in [0.05, 0.1) is 10.8 Å². The number of nitrogens with two attached hydrogens (primary N) is 1. The minimum atomic E-state index is -3.20. The highest BCUT2D eigenvalue weighted by atomic mass is 32.2. The zero-order valence-electron chi connectivity index (χ0n) is 10.0. The van der Waals surface area contributed by atoms with Gasteiger partial charge in [-0.25, -0.2) is 8.42 Å². The molecule has 1 aromatic heterocycles. The fraction of sp³-hybridized carbons (Fsp3) is 0.800. The molecule has 0 aromatic carbocycles. The lowest BCUT2D eigenvalue weighted by molar-refractivity contribution is 0.350. The summed E-state index contributed by atoms with van der Waals surface area (Å²) in [6.07, 6.45) is 3.74. The largest absolute Gasteiger partial charge is 0.339 e.